The van der Waals surface area contributed by atoms with E-state index in [-0.39, 0.29) is 0 Å². The lowest BCUT2D eigenvalue weighted by Gasteiger charge is -1.95. The molecule has 5 nitrogen and oxygen atoms in total. The average Bonchev–Trinajstić information content (AvgIpc) is 2.84. The van der Waals surface area contributed by atoms with Crippen LogP contribution in [0.25, 0.3) is 5.65 Å². The smallest absolute Gasteiger partial charge is 0.137 e. The van der Waals surface area contributed by atoms with Crippen molar-refractivity contribution in [3.05, 3.63) is 48.7 Å². The van der Waals surface area contributed by atoms with Crippen LogP contribution in [0.5, 0.6) is 0 Å². The molecule has 0 spiro atoms. The first-order valence-electron chi connectivity index (χ1n) is 5.02. The van der Waals surface area contributed by atoms with Gasteiger partial charge in [-0.1, -0.05) is 6.07 Å². The second kappa shape index (κ2) is 3.37. The number of pyridine rings is 1. The van der Waals surface area contributed by atoms with E-state index < -0.39 is 0 Å². The molecule has 2 N–H and O–H groups in total. The molecule has 3 rings (SSSR count). The summed E-state index contributed by atoms with van der Waals surface area (Å²) >= 11 is 0. The number of hydrogen-bond donors (Lipinski definition) is 1. The molecule has 0 atom stereocenters. The highest BCUT2D eigenvalue weighted by Crippen LogP contribution is 2.07. The molecular formula is C11H11N5. The summed E-state index contributed by atoms with van der Waals surface area (Å²) in [5.74, 6) is 0. The van der Waals surface area contributed by atoms with Crippen LogP contribution in [0, 0.1) is 0 Å². The zero-order valence-electron chi connectivity index (χ0n) is 8.61. The Morgan fingerprint density at radius 3 is 2.94 bits per heavy atom. The average molecular weight is 213 g/mol. The molecule has 5 heteroatoms. The fourth-order valence-electron chi connectivity index (χ4n) is 1.70. The fourth-order valence-corrected chi connectivity index (χ4v) is 1.70. The number of imidazole rings is 1. The second-order valence-corrected chi connectivity index (χ2v) is 3.67. The van der Waals surface area contributed by atoms with E-state index in [1.165, 1.54) is 0 Å². The number of hydrogen-bond acceptors (Lipinski definition) is 3. The van der Waals surface area contributed by atoms with Crippen molar-refractivity contribution in [3.63, 3.8) is 0 Å². The molecule has 0 aliphatic rings. The maximum Gasteiger partial charge on any atom is 0.137 e. The molecule has 0 aromatic carbocycles. The molecule has 0 unspecified atom stereocenters. The largest absolute Gasteiger partial charge is 0.396 e. The number of anilines is 1. The molecule has 0 aliphatic heterocycles. The number of nitrogen functional groups attached to an aromatic ring is 1. The van der Waals surface area contributed by atoms with Crippen molar-refractivity contribution in [3.8, 4) is 0 Å². The van der Waals surface area contributed by atoms with Crippen LogP contribution in [-0.2, 0) is 6.54 Å². The van der Waals surface area contributed by atoms with Gasteiger partial charge in [0.05, 0.1) is 24.1 Å². The van der Waals surface area contributed by atoms with Crippen molar-refractivity contribution < 1.29 is 0 Å². The lowest BCUT2D eigenvalue weighted by atomic mass is 10.5. The summed E-state index contributed by atoms with van der Waals surface area (Å²) in [5, 5.41) is 4.12. The zero-order valence-corrected chi connectivity index (χ0v) is 8.61. The van der Waals surface area contributed by atoms with Gasteiger partial charge in [0.2, 0.25) is 0 Å². The van der Waals surface area contributed by atoms with Crippen molar-refractivity contribution >= 4 is 11.3 Å². The summed E-state index contributed by atoms with van der Waals surface area (Å²) in [4.78, 5) is 4.48. The summed E-state index contributed by atoms with van der Waals surface area (Å²) in [6, 6.07) is 5.92. The Morgan fingerprint density at radius 1 is 1.25 bits per heavy atom. The molecule has 0 aliphatic carbocycles. The van der Waals surface area contributed by atoms with Crippen LogP contribution in [0.4, 0.5) is 5.69 Å². The first-order valence-corrected chi connectivity index (χ1v) is 5.02. The Bertz CT molecular complexity index is 589. The Hall–Kier alpha value is -2.30. The maximum absolute atomic E-state index is 5.60. The van der Waals surface area contributed by atoms with Crippen LogP contribution in [0.2, 0.25) is 0 Å². The fraction of sp³-hybridized carbons (Fsp3) is 0.0909. The van der Waals surface area contributed by atoms with E-state index in [9.17, 15) is 0 Å². The maximum atomic E-state index is 5.60. The van der Waals surface area contributed by atoms with Gasteiger partial charge in [0.15, 0.2) is 0 Å². The summed E-state index contributed by atoms with van der Waals surface area (Å²) in [5.41, 5.74) is 8.18. The number of aromatic nitrogens is 4. The third-order valence-electron chi connectivity index (χ3n) is 2.39. The minimum absolute atomic E-state index is 0.638. The van der Waals surface area contributed by atoms with Crippen molar-refractivity contribution in [2.75, 3.05) is 5.73 Å². The van der Waals surface area contributed by atoms with Gasteiger partial charge in [0, 0.05) is 18.6 Å². The van der Waals surface area contributed by atoms with Gasteiger partial charge in [-0.2, -0.15) is 5.10 Å². The molecule has 0 amide bonds. The van der Waals surface area contributed by atoms with E-state index in [1.54, 1.807) is 17.1 Å². The lowest BCUT2D eigenvalue weighted by molar-refractivity contribution is 0.676. The van der Waals surface area contributed by atoms with Gasteiger partial charge in [0.25, 0.3) is 0 Å². The van der Waals surface area contributed by atoms with Gasteiger partial charge in [-0.25, -0.2) is 4.98 Å². The Balaban J connectivity index is 1.95. The normalized spacial score (nSPS) is 11.0. The van der Waals surface area contributed by atoms with Crippen LogP contribution >= 0.6 is 0 Å². The highest BCUT2D eigenvalue weighted by Gasteiger charge is 2.02. The van der Waals surface area contributed by atoms with Crippen LogP contribution in [0.3, 0.4) is 0 Å². The third kappa shape index (κ3) is 1.52. The number of fused-ring (bicyclic) bond motifs is 1. The molecule has 3 aromatic rings. The minimum Gasteiger partial charge on any atom is -0.396 e. The molecule has 0 saturated carbocycles. The highest BCUT2D eigenvalue weighted by molar-refractivity contribution is 5.39. The molecule has 3 heterocycles. The predicted octanol–water partition coefficient (Wildman–Crippen LogP) is 1.16. The van der Waals surface area contributed by atoms with Gasteiger partial charge >= 0.3 is 0 Å². The van der Waals surface area contributed by atoms with E-state index in [0.29, 0.717) is 12.2 Å². The predicted molar refractivity (Wildman–Crippen MR) is 60.9 cm³/mol. The van der Waals surface area contributed by atoms with Crippen LogP contribution < -0.4 is 5.73 Å². The summed E-state index contributed by atoms with van der Waals surface area (Å²) < 4.78 is 3.76. The van der Waals surface area contributed by atoms with E-state index in [0.717, 1.165) is 11.3 Å². The molecule has 0 fully saturated rings. The molecule has 0 radical (unpaired) electrons. The van der Waals surface area contributed by atoms with Crippen molar-refractivity contribution in [2.45, 2.75) is 6.54 Å². The first-order chi connectivity index (χ1) is 7.81. The summed E-state index contributed by atoms with van der Waals surface area (Å²) in [7, 11) is 0. The van der Waals surface area contributed by atoms with E-state index >= 15 is 0 Å². The molecular weight excluding hydrogens is 202 g/mol. The number of nitrogens with zero attached hydrogens (tertiary/aromatic N) is 4. The van der Waals surface area contributed by atoms with Crippen LogP contribution in [-0.4, -0.2) is 19.2 Å². The van der Waals surface area contributed by atoms with E-state index in [4.69, 9.17) is 5.73 Å². The number of nitrogens with two attached hydrogens (primary N) is 1. The summed E-state index contributed by atoms with van der Waals surface area (Å²) in [6.45, 7) is 0.638. The Kier molecular flexibility index (Phi) is 1.89. The SMILES string of the molecule is Nc1cnn(Cc2cn3ccccc3n2)c1. The van der Waals surface area contributed by atoms with Gasteiger partial charge < -0.3 is 10.1 Å². The van der Waals surface area contributed by atoms with Crippen LogP contribution in [0.15, 0.2) is 43.0 Å². The standard InChI is InChI=1S/C11H11N5/c12-9-5-13-16(6-9)8-10-7-15-4-2-1-3-11(15)14-10/h1-7H,8,12H2. The lowest BCUT2D eigenvalue weighted by Crippen LogP contribution is -1.99. The van der Waals surface area contributed by atoms with E-state index in [2.05, 4.69) is 10.1 Å². The van der Waals surface area contributed by atoms with Gasteiger partial charge in [0.1, 0.15) is 5.65 Å². The molecule has 16 heavy (non-hydrogen) atoms. The topological polar surface area (TPSA) is 61.1 Å². The summed E-state index contributed by atoms with van der Waals surface area (Å²) in [6.07, 6.45) is 7.40. The third-order valence-corrected chi connectivity index (χ3v) is 2.39. The van der Waals surface area contributed by atoms with Crippen molar-refractivity contribution in [2.24, 2.45) is 0 Å². The Morgan fingerprint density at radius 2 is 2.19 bits per heavy atom. The molecule has 0 saturated heterocycles. The van der Waals surface area contributed by atoms with Crippen molar-refractivity contribution in [1.29, 1.82) is 0 Å². The second-order valence-electron chi connectivity index (χ2n) is 3.67. The first kappa shape index (κ1) is 8.96. The highest BCUT2D eigenvalue weighted by atomic mass is 15.3. The quantitative estimate of drug-likeness (QED) is 0.695. The minimum atomic E-state index is 0.638. The van der Waals surface area contributed by atoms with Gasteiger partial charge in [-0.15, -0.1) is 0 Å². The molecule has 0 bridgehead atoms. The molecule has 80 valence electrons. The Labute approximate surface area is 92.1 Å². The van der Waals surface area contributed by atoms with E-state index in [1.807, 2.05) is 35.0 Å². The monoisotopic (exact) mass is 213 g/mol. The van der Waals surface area contributed by atoms with Crippen molar-refractivity contribution in [1.82, 2.24) is 19.2 Å². The van der Waals surface area contributed by atoms with Crippen LogP contribution in [0.1, 0.15) is 5.69 Å². The molecule has 3 aromatic heterocycles. The number of rotatable bonds is 2. The zero-order chi connectivity index (χ0) is 11.0. The van der Waals surface area contributed by atoms with Gasteiger partial charge in [-0.05, 0) is 12.1 Å². The van der Waals surface area contributed by atoms with Gasteiger partial charge in [-0.3, -0.25) is 4.68 Å².